The van der Waals surface area contributed by atoms with Gasteiger partial charge < -0.3 is 4.98 Å². The van der Waals surface area contributed by atoms with E-state index in [1.165, 1.54) is 6.42 Å². The summed E-state index contributed by atoms with van der Waals surface area (Å²) in [6.45, 7) is 8.85. The molecule has 0 aromatic carbocycles. The third-order valence-electron chi connectivity index (χ3n) is 2.83. The molecule has 1 N–H and O–H groups in total. The number of aryl methyl sites for hydroxylation is 1. The van der Waals surface area contributed by atoms with Crippen LogP contribution in [0.3, 0.4) is 0 Å². The predicted octanol–water partition coefficient (Wildman–Crippen LogP) is 2.50. The maximum Gasteiger partial charge on any atom is 0.254 e. The highest BCUT2D eigenvalue weighted by atomic mass is 16.1. The Morgan fingerprint density at radius 2 is 2.29 bits per heavy atom. The van der Waals surface area contributed by atoms with Crippen molar-refractivity contribution in [1.29, 1.82) is 0 Å². The van der Waals surface area contributed by atoms with Gasteiger partial charge in [0, 0.05) is 5.69 Å². The molecule has 1 aliphatic carbocycles. The van der Waals surface area contributed by atoms with Gasteiger partial charge in [-0.05, 0) is 37.3 Å². The summed E-state index contributed by atoms with van der Waals surface area (Å²) in [6, 6.07) is 1.94. The molecule has 0 aliphatic heterocycles. The Kier molecular flexibility index (Phi) is 2.12. The molecule has 1 heterocycles. The van der Waals surface area contributed by atoms with E-state index in [0.717, 1.165) is 24.1 Å². The minimum Gasteiger partial charge on any atom is -0.335 e. The number of pyridine rings is 1. The summed E-state index contributed by atoms with van der Waals surface area (Å²) in [5.41, 5.74) is 1.86. The zero-order valence-corrected chi connectivity index (χ0v) is 8.13. The van der Waals surface area contributed by atoms with E-state index >= 15 is 0 Å². The van der Waals surface area contributed by atoms with Gasteiger partial charge in [-0.3, -0.25) is 4.79 Å². The van der Waals surface area contributed by atoms with Gasteiger partial charge in [0.15, 0.2) is 0 Å². The first kappa shape index (κ1) is 9.01. The minimum atomic E-state index is -0.234. The van der Waals surface area contributed by atoms with Gasteiger partial charge in [0.2, 0.25) is 0 Å². The molecule has 72 valence electrons. The number of nitrogens with one attached hydrogen (secondary N) is 1. The van der Waals surface area contributed by atoms with Crippen molar-refractivity contribution in [3.8, 4) is 0 Å². The Morgan fingerprint density at radius 3 is 2.79 bits per heavy atom. The van der Waals surface area contributed by atoms with E-state index in [1.54, 1.807) is 0 Å². The molecule has 1 aromatic heterocycles. The summed E-state index contributed by atoms with van der Waals surface area (Å²) < 4.78 is 0. The minimum absolute atomic E-state index is 0.234. The highest BCUT2D eigenvalue weighted by molar-refractivity contribution is 5.53. The van der Waals surface area contributed by atoms with Crippen LogP contribution in [0.4, 0.5) is 5.69 Å². The van der Waals surface area contributed by atoms with Crippen molar-refractivity contribution in [1.82, 2.24) is 4.98 Å². The van der Waals surface area contributed by atoms with E-state index in [4.69, 9.17) is 6.57 Å². The van der Waals surface area contributed by atoms with Crippen LogP contribution in [0.2, 0.25) is 0 Å². The lowest BCUT2D eigenvalue weighted by atomic mass is 9.79. The highest BCUT2D eigenvalue weighted by Gasteiger charge is 2.23. The summed E-state index contributed by atoms with van der Waals surface area (Å²) in [5.74, 6) is 0.445. The third-order valence-corrected chi connectivity index (χ3v) is 2.83. The van der Waals surface area contributed by atoms with Gasteiger partial charge in [0.05, 0.1) is 6.57 Å². The first-order chi connectivity index (χ1) is 6.72. The SMILES string of the molecule is [C-]#[N+]c1c(C2CCC2)cc(C)[nH]c1=O. The largest absolute Gasteiger partial charge is 0.335 e. The van der Waals surface area contributed by atoms with Crippen LogP contribution in [-0.4, -0.2) is 4.98 Å². The van der Waals surface area contributed by atoms with Gasteiger partial charge in [-0.25, -0.2) is 4.85 Å². The zero-order chi connectivity index (χ0) is 10.1. The van der Waals surface area contributed by atoms with Gasteiger partial charge in [0.1, 0.15) is 0 Å². The molecule has 1 fully saturated rings. The monoisotopic (exact) mass is 188 g/mol. The summed E-state index contributed by atoms with van der Waals surface area (Å²) in [5, 5.41) is 0. The molecule has 2 rings (SSSR count). The van der Waals surface area contributed by atoms with Crippen molar-refractivity contribution in [2.75, 3.05) is 0 Å². The second-order valence-corrected chi connectivity index (χ2v) is 3.83. The van der Waals surface area contributed by atoms with Crippen molar-refractivity contribution < 1.29 is 0 Å². The molecular formula is C11H12N2O. The van der Waals surface area contributed by atoms with Gasteiger partial charge in [0.25, 0.3) is 11.2 Å². The van der Waals surface area contributed by atoms with E-state index in [-0.39, 0.29) is 5.56 Å². The smallest absolute Gasteiger partial charge is 0.254 e. The third kappa shape index (κ3) is 1.33. The van der Waals surface area contributed by atoms with Crippen molar-refractivity contribution in [3.05, 3.63) is 39.1 Å². The van der Waals surface area contributed by atoms with Crippen LogP contribution >= 0.6 is 0 Å². The molecule has 14 heavy (non-hydrogen) atoms. The molecule has 3 heteroatoms. The van der Waals surface area contributed by atoms with Crippen LogP contribution in [-0.2, 0) is 0 Å². The molecule has 1 aromatic rings. The average molecular weight is 188 g/mol. The van der Waals surface area contributed by atoms with Gasteiger partial charge >= 0.3 is 0 Å². The summed E-state index contributed by atoms with van der Waals surface area (Å²) in [6.07, 6.45) is 3.45. The molecule has 1 saturated carbocycles. The fourth-order valence-electron chi connectivity index (χ4n) is 1.85. The van der Waals surface area contributed by atoms with Crippen molar-refractivity contribution in [3.63, 3.8) is 0 Å². The van der Waals surface area contributed by atoms with Crippen LogP contribution < -0.4 is 5.56 Å². The Bertz CT molecular complexity index is 449. The van der Waals surface area contributed by atoms with Crippen LogP contribution in [0.1, 0.15) is 36.4 Å². The van der Waals surface area contributed by atoms with E-state index in [0.29, 0.717) is 11.6 Å². The van der Waals surface area contributed by atoms with E-state index in [2.05, 4.69) is 9.83 Å². The molecule has 0 spiro atoms. The first-order valence-electron chi connectivity index (χ1n) is 4.83. The number of aromatic amines is 1. The zero-order valence-electron chi connectivity index (χ0n) is 8.13. The van der Waals surface area contributed by atoms with Crippen molar-refractivity contribution in [2.45, 2.75) is 32.1 Å². The molecule has 3 nitrogen and oxygen atoms in total. The van der Waals surface area contributed by atoms with Crippen LogP contribution in [0.15, 0.2) is 10.9 Å². The Morgan fingerprint density at radius 1 is 1.57 bits per heavy atom. The van der Waals surface area contributed by atoms with Crippen LogP contribution in [0, 0.1) is 13.5 Å². The van der Waals surface area contributed by atoms with Gasteiger partial charge in [-0.2, -0.15) is 0 Å². The van der Waals surface area contributed by atoms with Crippen molar-refractivity contribution in [2.24, 2.45) is 0 Å². The summed E-state index contributed by atoms with van der Waals surface area (Å²) >= 11 is 0. The lowest BCUT2D eigenvalue weighted by molar-refractivity contribution is 0.420. The second kappa shape index (κ2) is 3.30. The van der Waals surface area contributed by atoms with E-state index in [9.17, 15) is 4.79 Å². The van der Waals surface area contributed by atoms with E-state index < -0.39 is 0 Å². The topological polar surface area (TPSA) is 37.2 Å². The predicted molar refractivity (Wildman–Crippen MR) is 54.7 cm³/mol. The molecule has 0 atom stereocenters. The number of aromatic nitrogens is 1. The highest BCUT2D eigenvalue weighted by Crippen LogP contribution is 2.39. The molecule has 0 bridgehead atoms. The maximum absolute atomic E-state index is 11.5. The second-order valence-electron chi connectivity index (χ2n) is 3.83. The normalized spacial score (nSPS) is 16.0. The lowest BCUT2D eigenvalue weighted by Gasteiger charge is -2.26. The Labute approximate surface area is 82.6 Å². The fourth-order valence-corrected chi connectivity index (χ4v) is 1.85. The van der Waals surface area contributed by atoms with E-state index in [1.807, 2.05) is 13.0 Å². The number of hydrogen-bond donors (Lipinski definition) is 1. The number of rotatable bonds is 1. The molecule has 0 unspecified atom stereocenters. The quantitative estimate of drug-likeness (QED) is 0.675. The van der Waals surface area contributed by atoms with Crippen LogP contribution in [0.25, 0.3) is 4.85 Å². The average Bonchev–Trinajstić information content (AvgIpc) is 1.99. The standard InChI is InChI=1S/C11H12N2O/c1-7-6-9(8-4-3-5-8)10(12-2)11(14)13-7/h6,8H,3-5H2,1H3,(H,13,14). The summed E-state index contributed by atoms with van der Waals surface area (Å²) in [4.78, 5) is 17.5. The number of H-pyrrole nitrogens is 1. The molecule has 0 radical (unpaired) electrons. The molecular weight excluding hydrogens is 176 g/mol. The van der Waals surface area contributed by atoms with Crippen molar-refractivity contribution >= 4 is 5.69 Å². The molecule has 1 aliphatic rings. The molecule has 0 saturated heterocycles. The summed E-state index contributed by atoms with van der Waals surface area (Å²) in [7, 11) is 0. The van der Waals surface area contributed by atoms with Gasteiger partial charge in [-0.15, -0.1) is 0 Å². The fraction of sp³-hybridized carbons (Fsp3) is 0.455. The van der Waals surface area contributed by atoms with Crippen LogP contribution in [0.5, 0.6) is 0 Å². The Hall–Kier alpha value is -1.56. The number of nitrogens with zero attached hydrogens (tertiary/aromatic N) is 1. The number of hydrogen-bond acceptors (Lipinski definition) is 1. The van der Waals surface area contributed by atoms with Gasteiger partial charge in [-0.1, -0.05) is 6.42 Å². The maximum atomic E-state index is 11.5. The first-order valence-corrected chi connectivity index (χ1v) is 4.83. The Balaban J connectivity index is 2.56. The molecule has 0 amide bonds. The lowest BCUT2D eigenvalue weighted by Crippen LogP contribution is -2.15.